The summed E-state index contributed by atoms with van der Waals surface area (Å²) in [4.78, 5) is 0. The van der Waals surface area contributed by atoms with Crippen LogP contribution in [0.2, 0.25) is 0 Å². The summed E-state index contributed by atoms with van der Waals surface area (Å²) in [6.45, 7) is 0. The Bertz CT molecular complexity index is 4.00. The Morgan fingerprint density at radius 3 is 0.500 bits per heavy atom. The number of rotatable bonds is 0. The fraction of sp³-hybridized carbons (Fsp3) is 0. The van der Waals surface area contributed by atoms with Gasteiger partial charge in [-0.3, -0.25) is 0 Å². The van der Waals surface area contributed by atoms with Crippen molar-refractivity contribution in [2.45, 2.75) is 0 Å². The van der Waals surface area contributed by atoms with Gasteiger partial charge in [-0.15, -0.1) is 0 Å². The molecule has 0 aromatic rings. The van der Waals surface area contributed by atoms with Gasteiger partial charge in [0.25, 0.3) is 0 Å². The summed E-state index contributed by atoms with van der Waals surface area (Å²) in [6.07, 6.45) is 0. The van der Waals surface area contributed by atoms with E-state index in [1.807, 2.05) is 0 Å². The first-order valence-corrected chi connectivity index (χ1v) is 0. The van der Waals surface area contributed by atoms with Crippen LogP contribution in [0.4, 0.5) is 0 Å². The van der Waals surface area contributed by atoms with E-state index >= 15 is 0 Å². The van der Waals surface area contributed by atoms with E-state index in [1.54, 1.807) is 0 Å². The molecule has 0 N–H and O–H groups in total. The van der Waals surface area contributed by atoms with Crippen LogP contribution in [0.3, 0.4) is 0 Å². The van der Waals surface area contributed by atoms with Crippen molar-refractivity contribution in [2.75, 3.05) is 0 Å². The van der Waals surface area contributed by atoms with E-state index in [0.717, 1.165) is 0 Å². The molecular weight excluding hydrogens is 461 g/mol. The monoisotopic (exact) mass is 460 g/mol. The topological polar surface area (TPSA) is 0 Å². The molecule has 0 nitrogen and oxygen atoms in total. The summed E-state index contributed by atoms with van der Waals surface area (Å²) < 4.78 is 0. The SMILES string of the molecule is [Cl-].[Cl-].[Pt+].[Pt+]. The van der Waals surface area contributed by atoms with Gasteiger partial charge >= 0.3 is 42.1 Å². The predicted octanol–water partition coefficient (Wildman–Crippen LogP) is -6.00. The Balaban J connectivity index is 0. The molecule has 4 heteroatoms. The Morgan fingerprint density at radius 1 is 0.500 bits per heavy atom. The van der Waals surface area contributed by atoms with E-state index in [0.29, 0.717) is 0 Å². The first kappa shape index (κ1) is 38.2. The van der Waals surface area contributed by atoms with Crippen LogP contribution < -0.4 is 24.8 Å². The van der Waals surface area contributed by atoms with Crippen molar-refractivity contribution < 1.29 is 66.9 Å². The third kappa shape index (κ3) is 9.03. The normalized spacial score (nSPS) is 0. The smallest absolute Gasteiger partial charge is 1.00 e. The Morgan fingerprint density at radius 2 is 0.500 bits per heavy atom. The van der Waals surface area contributed by atoms with Crippen molar-refractivity contribution >= 4 is 0 Å². The van der Waals surface area contributed by atoms with E-state index in [2.05, 4.69) is 0 Å². The molecule has 0 bridgehead atoms. The maximum absolute atomic E-state index is 0. The van der Waals surface area contributed by atoms with Gasteiger partial charge in [-0.2, -0.15) is 0 Å². The minimum Gasteiger partial charge on any atom is -1.00 e. The molecule has 0 saturated heterocycles. The fourth-order valence-electron chi connectivity index (χ4n) is 0. The molecule has 2 radical (unpaired) electrons. The minimum atomic E-state index is 0. The van der Waals surface area contributed by atoms with Crippen molar-refractivity contribution in [3.05, 3.63) is 0 Å². The average Bonchev–Trinajstić information content (AvgIpc) is 0. The summed E-state index contributed by atoms with van der Waals surface area (Å²) >= 11 is 0. The fourth-order valence-corrected chi connectivity index (χ4v) is 0. The van der Waals surface area contributed by atoms with Crippen molar-refractivity contribution in [1.82, 2.24) is 0 Å². The van der Waals surface area contributed by atoms with Gasteiger partial charge in [0.05, 0.1) is 0 Å². The van der Waals surface area contributed by atoms with Crippen LogP contribution in [-0.4, -0.2) is 0 Å². The average molecular weight is 461 g/mol. The van der Waals surface area contributed by atoms with E-state index < -0.39 is 0 Å². The standard InChI is InChI=1S/2ClH.2Pt/h2*1H;;/q;;2*+1/p-2. The third-order valence-electron chi connectivity index (χ3n) is 0. The zero-order valence-electron chi connectivity index (χ0n) is 1.39. The second-order valence-corrected chi connectivity index (χ2v) is 0. The van der Waals surface area contributed by atoms with Crippen molar-refractivity contribution in [3.8, 4) is 0 Å². The Hall–Kier alpha value is 1.96. The second kappa shape index (κ2) is 20.3. The number of hydrogen-bond acceptors (Lipinski definition) is 0. The van der Waals surface area contributed by atoms with Crippen LogP contribution in [0, 0.1) is 0 Å². The van der Waals surface area contributed by atoms with Gasteiger partial charge < -0.3 is 24.8 Å². The molecule has 4 heavy (non-hydrogen) atoms. The van der Waals surface area contributed by atoms with Crippen molar-refractivity contribution in [1.29, 1.82) is 0 Å². The summed E-state index contributed by atoms with van der Waals surface area (Å²) in [5.74, 6) is 0. The van der Waals surface area contributed by atoms with Gasteiger partial charge in [-0.1, -0.05) is 0 Å². The largest absolute Gasteiger partial charge is 1.00 e. The molecule has 34 valence electrons. The van der Waals surface area contributed by atoms with E-state index in [-0.39, 0.29) is 66.9 Å². The molecule has 0 aliphatic carbocycles. The zero-order chi connectivity index (χ0) is 0. The first-order valence-electron chi connectivity index (χ1n) is 0. The van der Waals surface area contributed by atoms with Crippen LogP contribution >= 0.6 is 0 Å². The second-order valence-electron chi connectivity index (χ2n) is 0. The Labute approximate surface area is 66.5 Å². The predicted molar refractivity (Wildman–Crippen MR) is 0 cm³/mol. The zero-order valence-corrected chi connectivity index (χ0v) is 7.44. The first-order chi connectivity index (χ1) is 0. The van der Waals surface area contributed by atoms with E-state index in [9.17, 15) is 0 Å². The summed E-state index contributed by atoms with van der Waals surface area (Å²) in [7, 11) is 0. The van der Waals surface area contributed by atoms with Gasteiger partial charge in [0, 0.05) is 0 Å². The quantitative estimate of drug-likeness (QED) is 0.338. The molecule has 0 amide bonds. The molecule has 0 atom stereocenters. The molecule has 0 fully saturated rings. The van der Waals surface area contributed by atoms with Crippen LogP contribution in [0.5, 0.6) is 0 Å². The number of hydrogen-bond donors (Lipinski definition) is 0. The maximum Gasteiger partial charge on any atom is 1.00 e. The van der Waals surface area contributed by atoms with E-state index in [1.165, 1.54) is 0 Å². The summed E-state index contributed by atoms with van der Waals surface area (Å²) in [5, 5.41) is 0. The van der Waals surface area contributed by atoms with Gasteiger partial charge in [-0.25, -0.2) is 0 Å². The Kier molecular flexibility index (Phi) is 194. The summed E-state index contributed by atoms with van der Waals surface area (Å²) in [6, 6.07) is 0. The molecule has 0 rings (SSSR count). The molecule has 0 aromatic heterocycles. The number of halogens is 2. The third-order valence-corrected chi connectivity index (χ3v) is 0. The van der Waals surface area contributed by atoms with Gasteiger partial charge in [0.2, 0.25) is 0 Å². The van der Waals surface area contributed by atoms with Gasteiger partial charge in [-0.05, 0) is 0 Å². The van der Waals surface area contributed by atoms with Crippen molar-refractivity contribution in [2.24, 2.45) is 0 Å². The van der Waals surface area contributed by atoms with E-state index in [4.69, 9.17) is 0 Å². The molecular formula is Cl2Pt2. The van der Waals surface area contributed by atoms with Crippen LogP contribution in [-0.2, 0) is 42.1 Å². The summed E-state index contributed by atoms with van der Waals surface area (Å²) in [5.41, 5.74) is 0. The molecule has 0 spiro atoms. The molecule has 0 aliphatic heterocycles. The minimum absolute atomic E-state index is 0. The van der Waals surface area contributed by atoms with Crippen molar-refractivity contribution in [3.63, 3.8) is 0 Å². The van der Waals surface area contributed by atoms with Crippen LogP contribution in [0.15, 0.2) is 0 Å². The molecule has 0 unspecified atom stereocenters. The van der Waals surface area contributed by atoms with Gasteiger partial charge in [0.15, 0.2) is 0 Å². The van der Waals surface area contributed by atoms with Crippen LogP contribution in [0.1, 0.15) is 0 Å². The van der Waals surface area contributed by atoms with Gasteiger partial charge in [0.1, 0.15) is 0 Å². The molecule has 0 saturated carbocycles. The molecule has 0 aliphatic rings. The molecule has 0 heterocycles. The van der Waals surface area contributed by atoms with Crippen LogP contribution in [0.25, 0.3) is 0 Å². The maximum atomic E-state index is 0. The molecule has 0 aromatic carbocycles.